The average molecular weight is 290 g/mol. The van der Waals surface area contributed by atoms with Crippen molar-refractivity contribution in [2.24, 2.45) is 0 Å². The first-order valence-corrected chi connectivity index (χ1v) is 7.29. The van der Waals surface area contributed by atoms with Crippen LogP contribution in [0.3, 0.4) is 0 Å². The minimum Gasteiger partial charge on any atom is -0.487 e. The molecule has 20 heavy (non-hydrogen) atoms. The van der Waals surface area contributed by atoms with E-state index in [4.69, 9.17) is 16.3 Å². The molecule has 2 rings (SSSR count). The largest absolute Gasteiger partial charge is 0.487 e. The number of para-hydroxylation sites is 1. The molecule has 0 saturated carbocycles. The fourth-order valence-corrected chi connectivity index (χ4v) is 2.42. The highest BCUT2D eigenvalue weighted by Crippen LogP contribution is 2.27. The van der Waals surface area contributed by atoms with Gasteiger partial charge in [-0.15, -0.1) is 0 Å². The molecule has 0 fully saturated rings. The Hall–Kier alpha value is -1.51. The maximum Gasteiger partial charge on any atom is 0.138 e. The fourth-order valence-electron chi connectivity index (χ4n) is 2.24. The zero-order valence-corrected chi connectivity index (χ0v) is 12.6. The molecule has 0 amide bonds. The van der Waals surface area contributed by atoms with Gasteiger partial charge in [-0.25, -0.2) is 0 Å². The van der Waals surface area contributed by atoms with Crippen LogP contribution in [0.4, 0.5) is 0 Å². The first kappa shape index (κ1) is 14.9. The van der Waals surface area contributed by atoms with Crippen LogP contribution in [0.2, 0.25) is 5.02 Å². The second-order valence-electron chi connectivity index (χ2n) is 4.70. The highest BCUT2D eigenvalue weighted by molar-refractivity contribution is 6.32. The van der Waals surface area contributed by atoms with Crippen molar-refractivity contribution in [3.05, 3.63) is 65.2 Å². The van der Waals surface area contributed by atoms with Crippen molar-refractivity contribution >= 4 is 11.6 Å². The van der Waals surface area contributed by atoms with Crippen molar-refractivity contribution in [2.75, 3.05) is 6.54 Å². The number of hydrogen-bond acceptors (Lipinski definition) is 2. The standard InChI is InChI=1S/C17H20ClNO/c1-3-19-17(14-9-5-4-6-10-14)13(2)20-16-12-8-7-11-15(16)18/h4-13,17,19H,3H2,1-2H3. The van der Waals surface area contributed by atoms with E-state index in [1.807, 2.05) is 42.5 Å². The Kier molecular flexibility index (Phi) is 5.45. The normalized spacial score (nSPS) is 13.8. The van der Waals surface area contributed by atoms with E-state index in [1.54, 1.807) is 0 Å². The van der Waals surface area contributed by atoms with Gasteiger partial charge in [-0.1, -0.05) is 61.0 Å². The van der Waals surface area contributed by atoms with Crippen LogP contribution in [-0.4, -0.2) is 12.6 Å². The minimum absolute atomic E-state index is 0.0164. The lowest BCUT2D eigenvalue weighted by molar-refractivity contribution is 0.172. The van der Waals surface area contributed by atoms with Gasteiger partial charge in [0.1, 0.15) is 11.9 Å². The van der Waals surface area contributed by atoms with Gasteiger partial charge in [-0.05, 0) is 31.2 Å². The third-order valence-electron chi connectivity index (χ3n) is 3.20. The Morgan fingerprint density at radius 2 is 1.70 bits per heavy atom. The molecule has 2 aromatic carbocycles. The van der Waals surface area contributed by atoms with Crippen molar-refractivity contribution in [1.82, 2.24) is 5.32 Å². The Labute approximate surface area is 125 Å². The number of hydrogen-bond donors (Lipinski definition) is 1. The SMILES string of the molecule is CCNC(c1ccccc1)C(C)Oc1ccccc1Cl. The van der Waals surface area contributed by atoms with E-state index < -0.39 is 0 Å². The Bertz CT molecular complexity index is 530. The molecule has 0 aliphatic rings. The molecule has 0 saturated heterocycles. The van der Waals surface area contributed by atoms with Gasteiger partial charge in [0.25, 0.3) is 0 Å². The topological polar surface area (TPSA) is 21.3 Å². The van der Waals surface area contributed by atoms with Gasteiger partial charge < -0.3 is 10.1 Å². The van der Waals surface area contributed by atoms with Crippen molar-refractivity contribution in [1.29, 1.82) is 0 Å². The van der Waals surface area contributed by atoms with Crippen molar-refractivity contribution in [3.63, 3.8) is 0 Å². The summed E-state index contributed by atoms with van der Waals surface area (Å²) in [5.74, 6) is 0.723. The van der Waals surface area contributed by atoms with E-state index in [0.29, 0.717) is 5.02 Å². The number of nitrogens with one attached hydrogen (secondary N) is 1. The Morgan fingerprint density at radius 1 is 1.05 bits per heavy atom. The van der Waals surface area contributed by atoms with Crippen LogP contribution < -0.4 is 10.1 Å². The average Bonchev–Trinajstić information content (AvgIpc) is 2.48. The molecule has 0 aliphatic heterocycles. The van der Waals surface area contributed by atoms with Gasteiger partial charge in [-0.3, -0.25) is 0 Å². The van der Waals surface area contributed by atoms with Gasteiger partial charge in [-0.2, -0.15) is 0 Å². The molecule has 2 unspecified atom stereocenters. The summed E-state index contributed by atoms with van der Waals surface area (Å²) < 4.78 is 6.02. The molecule has 2 atom stereocenters. The smallest absolute Gasteiger partial charge is 0.138 e. The lowest BCUT2D eigenvalue weighted by Crippen LogP contribution is -2.33. The lowest BCUT2D eigenvalue weighted by Gasteiger charge is -2.26. The summed E-state index contributed by atoms with van der Waals surface area (Å²) in [4.78, 5) is 0. The van der Waals surface area contributed by atoms with E-state index in [0.717, 1.165) is 12.3 Å². The fraction of sp³-hybridized carbons (Fsp3) is 0.294. The number of halogens is 1. The van der Waals surface area contributed by atoms with Crippen molar-refractivity contribution in [2.45, 2.75) is 26.0 Å². The predicted octanol–water partition coefficient (Wildman–Crippen LogP) is 4.46. The number of rotatable bonds is 6. The van der Waals surface area contributed by atoms with Crippen LogP contribution >= 0.6 is 11.6 Å². The molecule has 0 spiro atoms. The van der Waals surface area contributed by atoms with Gasteiger partial charge >= 0.3 is 0 Å². The van der Waals surface area contributed by atoms with Crippen molar-refractivity contribution in [3.8, 4) is 5.75 Å². The molecule has 0 bridgehead atoms. The maximum absolute atomic E-state index is 6.15. The number of ether oxygens (including phenoxy) is 1. The van der Waals surface area contributed by atoms with Crippen LogP contribution in [-0.2, 0) is 0 Å². The summed E-state index contributed by atoms with van der Waals surface area (Å²) in [6.07, 6.45) is -0.0164. The summed E-state index contributed by atoms with van der Waals surface area (Å²) in [7, 11) is 0. The molecular formula is C17H20ClNO. The number of benzene rings is 2. The molecule has 0 heterocycles. The summed E-state index contributed by atoms with van der Waals surface area (Å²) in [6, 6.07) is 18.0. The van der Waals surface area contributed by atoms with Gasteiger partial charge in [0, 0.05) is 0 Å². The van der Waals surface area contributed by atoms with Gasteiger partial charge in [0.15, 0.2) is 0 Å². The first-order valence-electron chi connectivity index (χ1n) is 6.92. The monoisotopic (exact) mass is 289 g/mol. The zero-order valence-electron chi connectivity index (χ0n) is 11.8. The van der Waals surface area contributed by atoms with E-state index in [9.17, 15) is 0 Å². The second-order valence-corrected chi connectivity index (χ2v) is 5.11. The summed E-state index contributed by atoms with van der Waals surface area (Å²) in [5, 5.41) is 4.11. The van der Waals surface area contributed by atoms with Crippen LogP contribution in [0.15, 0.2) is 54.6 Å². The van der Waals surface area contributed by atoms with E-state index >= 15 is 0 Å². The van der Waals surface area contributed by atoms with Gasteiger partial charge in [0.05, 0.1) is 11.1 Å². The zero-order chi connectivity index (χ0) is 14.4. The van der Waals surface area contributed by atoms with Crippen LogP contribution in [0.25, 0.3) is 0 Å². The minimum atomic E-state index is -0.0164. The lowest BCUT2D eigenvalue weighted by atomic mass is 10.0. The first-order chi connectivity index (χ1) is 9.72. The molecule has 3 heteroatoms. The molecule has 0 radical (unpaired) electrons. The molecular weight excluding hydrogens is 270 g/mol. The Balaban J connectivity index is 2.16. The summed E-state index contributed by atoms with van der Waals surface area (Å²) in [5.41, 5.74) is 1.22. The maximum atomic E-state index is 6.15. The predicted molar refractivity (Wildman–Crippen MR) is 84.4 cm³/mol. The van der Waals surface area contributed by atoms with Crippen LogP contribution in [0, 0.1) is 0 Å². The molecule has 2 aromatic rings. The van der Waals surface area contributed by atoms with E-state index in [2.05, 4.69) is 31.3 Å². The molecule has 1 N–H and O–H groups in total. The highest BCUT2D eigenvalue weighted by Gasteiger charge is 2.20. The molecule has 2 nitrogen and oxygen atoms in total. The quantitative estimate of drug-likeness (QED) is 0.848. The van der Waals surface area contributed by atoms with E-state index in [1.165, 1.54) is 5.56 Å². The van der Waals surface area contributed by atoms with Gasteiger partial charge in [0.2, 0.25) is 0 Å². The highest BCUT2D eigenvalue weighted by atomic mass is 35.5. The molecule has 0 aromatic heterocycles. The second kappa shape index (κ2) is 7.32. The third-order valence-corrected chi connectivity index (χ3v) is 3.51. The van der Waals surface area contributed by atoms with Crippen LogP contribution in [0.1, 0.15) is 25.5 Å². The van der Waals surface area contributed by atoms with Crippen LogP contribution in [0.5, 0.6) is 5.75 Å². The Morgan fingerprint density at radius 3 is 2.35 bits per heavy atom. The molecule has 0 aliphatic carbocycles. The summed E-state index contributed by atoms with van der Waals surface area (Å²) >= 11 is 6.15. The third kappa shape index (κ3) is 3.75. The summed E-state index contributed by atoms with van der Waals surface area (Å²) in [6.45, 7) is 5.04. The molecule has 106 valence electrons. The number of likely N-dealkylation sites (N-methyl/N-ethyl adjacent to an activating group) is 1. The van der Waals surface area contributed by atoms with Crippen molar-refractivity contribution < 1.29 is 4.74 Å². The van der Waals surface area contributed by atoms with E-state index in [-0.39, 0.29) is 12.1 Å².